The van der Waals surface area contributed by atoms with Gasteiger partial charge in [-0.1, -0.05) is 24.3 Å². The van der Waals surface area contributed by atoms with Crippen LogP contribution in [0, 0.1) is 22.7 Å². The van der Waals surface area contributed by atoms with Crippen LogP contribution in [0.1, 0.15) is 11.1 Å². The number of aromatic hydroxyl groups is 1. The molecule has 0 aliphatic heterocycles. The molecular formula is C20H12N2O. The maximum absolute atomic E-state index is 10.0. The molecule has 0 aliphatic carbocycles. The Hall–Kier alpha value is -3.56. The van der Waals surface area contributed by atoms with Crippen LogP contribution in [-0.4, -0.2) is 5.11 Å². The summed E-state index contributed by atoms with van der Waals surface area (Å²) in [5.74, 6) is 0.172. The van der Waals surface area contributed by atoms with Gasteiger partial charge in [0.25, 0.3) is 0 Å². The Morgan fingerprint density at radius 3 is 1.30 bits per heavy atom. The van der Waals surface area contributed by atoms with Crippen LogP contribution < -0.4 is 0 Å². The fourth-order valence-electron chi connectivity index (χ4n) is 2.42. The fourth-order valence-corrected chi connectivity index (χ4v) is 2.42. The van der Waals surface area contributed by atoms with E-state index in [1.54, 1.807) is 36.4 Å². The van der Waals surface area contributed by atoms with E-state index in [9.17, 15) is 5.11 Å². The Morgan fingerprint density at radius 1 is 0.565 bits per heavy atom. The summed E-state index contributed by atoms with van der Waals surface area (Å²) in [4.78, 5) is 0. The lowest BCUT2D eigenvalue weighted by molar-refractivity contribution is 0.476. The van der Waals surface area contributed by atoms with Gasteiger partial charge in [0.05, 0.1) is 23.3 Å². The second-order valence-corrected chi connectivity index (χ2v) is 5.15. The molecule has 0 heterocycles. The van der Waals surface area contributed by atoms with Crippen molar-refractivity contribution in [2.45, 2.75) is 0 Å². The summed E-state index contributed by atoms with van der Waals surface area (Å²) in [7, 11) is 0. The second kappa shape index (κ2) is 6.05. The molecule has 23 heavy (non-hydrogen) atoms. The molecular weight excluding hydrogens is 284 g/mol. The Kier molecular flexibility index (Phi) is 3.78. The number of hydrogen-bond acceptors (Lipinski definition) is 3. The van der Waals surface area contributed by atoms with E-state index in [0.717, 1.165) is 22.3 Å². The summed E-state index contributed by atoms with van der Waals surface area (Å²) >= 11 is 0. The molecule has 0 saturated carbocycles. The van der Waals surface area contributed by atoms with E-state index in [2.05, 4.69) is 12.1 Å². The molecule has 3 aromatic rings. The average Bonchev–Trinajstić information content (AvgIpc) is 2.61. The van der Waals surface area contributed by atoms with E-state index in [0.29, 0.717) is 11.1 Å². The van der Waals surface area contributed by atoms with Gasteiger partial charge in [0, 0.05) is 0 Å². The molecule has 3 rings (SSSR count). The molecule has 0 amide bonds. The molecule has 3 heteroatoms. The summed E-state index contributed by atoms with van der Waals surface area (Å²) in [6.07, 6.45) is 0. The van der Waals surface area contributed by atoms with Crippen molar-refractivity contribution in [3.8, 4) is 40.1 Å². The summed E-state index contributed by atoms with van der Waals surface area (Å²) < 4.78 is 0. The first-order valence-corrected chi connectivity index (χ1v) is 7.05. The zero-order chi connectivity index (χ0) is 16.2. The zero-order valence-corrected chi connectivity index (χ0v) is 12.2. The number of hydrogen-bond donors (Lipinski definition) is 1. The summed E-state index contributed by atoms with van der Waals surface area (Å²) in [6, 6.07) is 24.0. The third-order valence-electron chi connectivity index (χ3n) is 3.61. The number of rotatable bonds is 2. The van der Waals surface area contributed by atoms with Crippen molar-refractivity contribution >= 4 is 0 Å². The van der Waals surface area contributed by atoms with Gasteiger partial charge in [-0.3, -0.25) is 0 Å². The molecule has 0 spiro atoms. The van der Waals surface area contributed by atoms with Crippen molar-refractivity contribution in [3.05, 3.63) is 77.9 Å². The van der Waals surface area contributed by atoms with E-state index in [1.165, 1.54) is 0 Å². The molecule has 0 radical (unpaired) electrons. The highest BCUT2D eigenvalue weighted by Gasteiger charge is 2.05. The van der Waals surface area contributed by atoms with Gasteiger partial charge in [0.15, 0.2) is 0 Å². The van der Waals surface area contributed by atoms with Crippen molar-refractivity contribution in [3.63, 3.8) is 0 Å². The van der Waals surface area contributed by atoms with Crippen LogP contribution in [0.3, 0.4) is 0 Å². The Balaban J connectivity index is 2.04. The quantitative estimate of drug-likeness (QED) is 0.758. The standard InChI is InChI=1S/C20H12N2O/c21-12-14-1-5-16(6-2-14)18-9-19(11-20(23)10-18)17-7-3-15(13-22)4-8-17/h1-11,23H. The molecule has 0 unspecified atom stereocenters. The molecule has 0 bridgehead atoms. The highest BCUT2D eigenvalue weighted by molar-refractivity contribution is 5.75. The van der Waals surface area contributed by atoms with Gasteiger partial charge < -0.3 is 5.11 Å². The highest BCUT2D eigenvalue weighted by Crippen LogP contribution is 2.31. The number of benzene rings is 3. The predicted octanol–water partition coefficient (Wildman–Crippen LogP) is 4.47. The van der Waals surface area contributed by atoms with E-state index >= 15 is 0 Å². The van der Waals surface area contributed by atoms with Gasteiger partial charge in [0.1, 0.15) is 5.75 Å². The highest BCUT2D eigenvalue weighted by atomic mass is 16.3. The third-order valence-corrected chi connectivity index (χ3v) is 3.61. The molecule has 0 aliphatic rings. The number of nitrogens with zero attached hydrogens (tertiary/aromatic N) is 2. The minimum absolute atomic E-state index is 0.172. The van der Waals surface area contributed by atoms with Crippen LogP contribution in [0.15, 0.2) is 66.7 Å². The van der Waals surface area contributed by atoms with Crippen molar-refractivity contribution < 1.29 is 5.11 Å². The van der Waals surface area contributed by atoms with Crippen LogP contribution in [-0.2, 0) is 0 Å². The van der Waals surface area contributed by atoms with Crippen LogP contribution >= 0.6 is 0 Å². The van der Waals surface area contributed by atoms with Crippen LogP contribution in [0.25, 0.3) is 22.3 Å². The smallest absolute Gasteiger partial charge is 0.116 e. The van der Waals surface area contributed by atoms with Gasteiger partial charge in [-0.15, -0.1) is 0 Å². The van der Waals surface area contributed by atoms with E-state index in [4.69, 9.17) is 10.5 Å². The molecule has 3 nitrogen and oxygen atoms in total. The van der Waals surface area contributed by atoms with Gasteiger partial charge >= 0.3 is 0 Å². The van der Waals surface area contributed by atoms with E-state index in [1.807, 2.05) is 30.3 Å². The predicted molar refractivity (Wildman–Crippen MR) is 88.4 cm³/mol. The lowest BCUT2D eigenvalue weighted by atomic mass is 9.97. The minimum Gasteiger partial charge on any atom is -0.508 e. The summed E-state index contributed by atoms with van der Waals surface area (Å²) in [5.41, 5.74) is 4.79. The number of nitriles is 2. The first-order valence-electron chi connectivity index (χ1n) is 7.05. The summed E-state index contributed by atoms with van der Waals surface area (Å²) in [5, 5.41) is 27.7. The van der Waals surface area contributed by atoms with Crippen molar-refractivity contribution in [2.75, 3.05) is 0 Å². The molecule has 108 valence electrons. The van der Waals surface area contributed by atoms with Crippen molar-refractivity contribution in [2.24, 2.45) is 0 Å². The molecule has 0 fully saturated rings. The van der Waals surface area contributed by atoms with Gasteiger partial charge in [-0.2, -0.15) is 10.5 Å². The first-order chi connectivity index (χ1) is 11.2. The van der Waals surface area contributed by atoms with Crippen molar-refractivity contribution in [1.29, 1.82) is 10.5 Å². The fraction of sp³-hybridized carbons (Fsp3) is 0. The third kappa shape index (κ3) is 3.05. The normalized spacial score (nSPS) is 9.83. The maximum Gasteiger partial charge on any atom is 0.116 e. The van der Waals surface area contributed by atoms with E-state index in [-0.39, 0.29) is 5.75 Å². The largest absolute Gasteiger partial charge is 0.508 e. The van der Waals surface area contributed by atoms with Gasteiger partial charge in [-0.05, 0) is 64.7 Å². The lowest BCUT2D eigenvalue weighted by Gasteiger charge is -2.08. The Bertz CT molecular complexity index is 852. The monoisotopic (exact) mass is 296 g/mol. The van der Waals surface area contributed by atoms with Crippen LogP contribution in [0.4, 0.5) is 0 Å². The van der Waals surface area contributed by atoms with E-state index < -0.39 is 0 Å². The number of phenolic OH excluding ortho intramolecular Hbond substituents is 1. The average molecular weight is 296 g/mol. The first kappa shape index (κ1) is 14.4. The SMILES string of the molecule is N#Cc1ccc(-c2cc(O)cc(-c3ccc(C#N)cc3)c2)cc1. The van der Waals surface area contributed by atoms with Crippen LogP contribution in [0.5, 0.6) is 5.75 Å². The van der Waals surface area contributed by atoms with Gasteiger partial charge in [0.2, 0.25) is 0 Å². The summed E-state index contributed by atoms with van der Waals surface area (Å²) in [6.45, 7) is 0. The van der Waals surface area contributed by atoms with Crippen molar-refractivity contribution in [1.82, 2.24) is 0 Å². The molecule has 0 atom stereocenters. The lowest BCUT2D eigenvalue weighted by Crippen LogP contribution is -1.84. The molecule has 0 aromatic heterocycles. The minimum atomic E-state index is 0.172. The zero-order valence-electron chi connectivity index (χ0n) is 12.2. The maximum atomic E-state index is 10.0. The number of phenols is 1. The topological polar surface area (TPSA) is 67.8 Å². The van der Waals surface area contributed by atoms with Crippen LogP contribution in [0.2, 0.25) is 0 Å². The molecule has 0 saturated heterocycles. The Labute approximate surface area is 134 Å². The molecule has 3 aromatic carbocycles. The molecule has 1 N–H and O–H groups in total. The van der Waals surface area contributed by atoms with Gasteiger partial charge in [-0.25, -0.2) is 0 Å². The second-order valence-electron chi connectivity index (χ2n) is 5.15. The Morgan fingerprint density at radius 2 is 0.957 bits per heavy atom.